The van der Waals surface area contributed by atoms with Crippen LogP contribution < -0.4 is 10.1 Å². The molecular formula is C22H21N3O4. The standard InChI is InChI=1S/C22H21N3O4/c1-28-16-4-2-15(3-5-16)24-20(26)18-17-6-9-22(29-17)13-25(21(27)19(18)22)12-14-7-10-23-11-8-14/h2-11,17-19H,12-13H2,1H3,(H,24,26). The lowest BCUT2D eigenvalue weighted by atomic mass is 9.77. The van der Waals surface area contributed by atoms with Gasteiger partial charge in [0.1, 0.15) is 11.4 Å². The van der Waals surface area contributed by atoms with Crippen molar-refractivity contribution in [1.29, 1.82) is 0 Å². The highest BCUT2D eigenvalue weighted by Crippen LogP contribution is 2.52. The molecule has 7 nitrogen and oxygen atoms in total. The molecule has 1 aromatic heterocycles. The summed E-state index contributed by atoms with van der Waals surface area (Å²) in [5.74, 6) is -0.570. The number of benzene rings is 1. The lowest BCUT2D eigenvalue weighted by molar-refractivity contribution is -0.136. The van der Waals surface area contributed by atoms with Crippen LogP contribution in [0.1, 0.15) is 5.56 Å². The van der Waals surface area contributed by atoms with Gasteiger partial charge in [-0.05, 0) is 42.0 Å². The first-order valence-electron chi connectivity index (χ1n) is 9.59. The molecule has 2 bridgehead atoms. The van der Waals surface area contributed by atoms with E-state index in [1.165, 1.54) is 0 Å². The van der Waals surface area contributed by atoms with Gasteiger partial charge in [-0.2, -0.15) is 0 Å². The molecule has 4 heterocycles. The molecule has 3 aliphatic rings. The Morgan fingerprint density at radius 2 is 2.03 bits per heavy atom. The molecule has 2 fully saturated rings. The Bertz CT molecular complexity index is 975. The molecule has 2 amide bonds. The summed E-state index contributed by atoms with van der Waals surface area (Å²) in [5.41, 5.74) is 0.953. The summed E-state index contributed by atoms with van der Waals surface area (Å²) >= 11 is 0. The fraction of sp³-hybridized carbons (Fsp3) is 0.318. The van der Waals surface area contributed by atoms with Crippen LogP contribution in [-0.4, -0.2) is 47.1 Å². The number of aromatic nitrogens is 1. The number of hydrogen-bond acceptors (Lipinski definition) is 5. The number of nitrogens with one attached hydrogen (secondary N) is 1. The second kappa shape index (κ2) is 6.70. The smallest absolute Gasteiger partial charge is 0.231 e. The molecule has 148 valence electrons. The van der Waals surface area contributed by atoms with Gasteiger partial charge in [0, 0.05) is 24.6 Å². The maximum atomic E-state index is 13.2. The number of amides is 2. The van der Waals surface area contributed by atoms with E-state index in [4.69, 9.17) is 9.47 Å². The number of carbonyl (C=O) groups excluding carboxylic acids is 2. The zero-order valence-corrected chi connectivity index (χ0v) is 15.9. The molecule has 0 saturated carbocycles. The summed E-state index contributed by atoms with van der Waals surface area (Å²) in [6.45, 7) is 0.937. The normalized spacial score (nSPS) is 29.2. The Hall–Kier alpha value is -3.19. The summed E-state index contributed by atoms with van der Waals surface area (Å²) in [4.78, 5) is 32.1. The van der Waals surface area contributed by atoms with Gasteiger partial charge in [-0.15, -0.1) is 0 Å². The van der Waals surface area contributed by atoms with E-state index in [1.807, 2.05) is 24.3 Å². The van der Waals surface area contributed by atoms with Gasteiger partial charge < -0.3 is 19.7 Å². The van der Waals surface area contributed by atoms with Gasteiger partial charge in [0.15, 0.2) is 0 Å². The summed E-state index contributed by atoms with van der Waals surface area (Å²) in [7, 11) is 1.59. The van der Waals surface area contributed by atoms with Crippen molar-refractivity contribution in [2.24, 2.45) is 11.8 Å². The topological polar surface area (TPSA) is 80.8 Å². The Morgan fingerprint density at radius 3 is 2.76 bits per heavy atom. The maximum Gasteiger partial charge on any atom is 0.231 e. The van der Waals surface area contributed by atoms with Crippen LogP contribution >= 0.6 is 0 Å². The monoisotopic (exact) mass is 391 g/mol. The summed E-state index contributed by atoms with van der Waals surface area (Å²) < 4.78 is 11.3. The lowest BCUT2D eigenvalue weighted by Gasteiger charge is -2.23. The summed E-state index contributed by atoms with van der Waals surface area (Å²) in [6.07, 6.45) is 6.93. The van der Waals surface area contributed by atoms with E-state index >= 15 is 0 Å². The number of nitrogens with zero attached hydrogens (tertiary/aromatic N) is 2. The molecule has 4 unspecified atom stereocenters. The van der Waals surface area contributed by atoms with Crippen LogP contribution in [0.5, 0.6) is 5.75 Å². The predicted octanol–water partition coefficient (Wildman–Crippen LogP) is 2.01. The third kappa shape index (κ3) is 2.89. The molecule has 7 heteroatoms. The second-order valence-corrected chi connectivity index (χ2v) is 7.67. The van der Waals surface area contributed by atoms with Crippen LogP contribution in [0.15, 0.2) is 60.9 Å². The Balaban J connectivity index is 1.36. The van der Waals surface area contributed by atoms with Crippen LogP contribution in [-0.2, 0) is 20.9 Å². The molecule has 29 heavy (non-hydrogen) atoms. The van der Waals surface area contributed by atoms with E-state index in [2.05, 4.69) is 10.3 Å². The van der Waals surface area contributed by atoms with Crippen molar-refractivity contribution in [1.82, 2.24) is 9.88 Å². The largest absolute Gasteiger partial charge is 0.497 e. The van der Waals surface area contributed by atoms with Crippen molar-refractivity contribution in [2.45, 2.75) is 18.2 Å². The van der Waals surface area contributed by atoms with Crippen molar-refractivity contribution in [3.63, 3.8) is 0 Å². The lowest BCUT2D eigenvalue weighted by Crippen LogP contribution is -2.41. The van der Waals surface area contributed by atoms with Gasteiger partial charge in [0.05, 0.1) is 31.6 Å². The number of pyridine rings is 1. The van der Waals surface area contributed by atoms with Gasteiger partial charge in [-0.1, -0.05) is 12.2 Å². The number of ether oxygens (including phenoxy) is 2. The van der Waals surface area contributed by atoms with Crippen molar-refractivity contribution in [3.05, 3.63) is 66.5 Å². The minimum atomic E-state index is -0.712. The molecule has 3 aliphatic heterocycles. The molecule has 2 saturated heterocycles. The molecule has 0 aliphatic carbocycles. The third-order valence-electron chi connectivity index (χ3n) is 5.96. The zero-order valence-electron chi connectivity index (χ0n) is 15.9. The third-order valence-corrected chi connectivity index (χ3v) is 5.96. The number of rotatable bonds is 5. The number of anilines is 1. The fourth-order valence-electron chi connectivity index (χ4n) is 4.62. The Morgan fingerprint density at radius 1 is 1.28 bits per heavy atom. The first-order chi connectivity index (χ1) is 14.1. The van der Waals surface area contributed by atoms with Gasteiger partial charge >= 0.3 is 0 Å². The highest BCUT2D eigenvalue weighted by Gasteiger charge is 2.66. The van der Waals surface area contributed by atoms with Gasteiger partial charge in [0.25, 0.3) is 0 Å². The number of fused-ring (bicyclic) bond motifs is 1. The average molecular weight is 391 g/mol. The average Bonchev–Trinajstić information content (AvgIpc) is 3.38. The van der Waals surface area contributed by atoms with Crippen LogP contribution in [0, 0.1) is 11.8 Å². The van der Waals surface area contributed by atoms with E-state index in [1.54, 1.807) is 48.7 Å². The zero-order chi connectivity index (χ0) is 20.0. The highest BCUT2D eigenvalue weighted by molar-refractivity contribution is 5.99. The number of methoxy groups -OCH3 is 1. The highest BCUT2D eigenvalue weighted by atomic mass is 16.5. The fourth-order valence-corrected chi connectivity index (χ4v) is 4.62. The van der Waals surface area contributed by atoms with E-state index in [0.717, 1.165) is 5.56 Å². The van der Waals surface area contributed by atoms with Gasteiger partial charge in [-0.3, -0.25) is 14.6 Å². The quantitative estimate of drug-likeness (QED) is 0.789. The molecular weight excluding hydrogens is 370 g/mol. The van der Waals surface area contributed by atoms with Crippen molar-refractivity contribution in [2.75, 3.05) is 19.0 Å². The van der Waals surface area contributed by atoms with Crippen molar-refractivity contribution >= 4 is 17.5 Å². The number of carbonyl (C=O) groups is 2. The molecule has 2 aromatic rings. The minimum Gasteiger partial charge on any atom is -0.497 e. The second-order valence-electron chi connectivity index (χ2n) is 7.67. The van der Waals surface area contributed by atoms with E-state index < -0.39 is 17.4 Å². The van der Waals surface area contributed by atoms with Crippen LogP contribution in [0.4, 0.5) is 5.69 Å². The van der Waals surface area contributed by atoms with E-state index in [9.17, 15) is 9.59 Å². The van der Waals surface area contributed by atoms with E-state index in [0.29, 0.717) is 24.5 Å². The molecule has 5 rings (SSSR count). The first-order valence-corrected chi connectivity index (χ1v) is 9.59. The van der Waals surface area contributed by atoms with Crippen LogP contribution in [0.3, 0.4) is 0 Å². The minimum absolute atomic E-state index is 0.0384. The van der Waals surface area contributed by atoms with Crippen LogP contribution in [0.2, 0.25) is 0 Å². The summed E-state index contributed by atoms with van der Waals surface area (Å²) in [6, 6.07) is 10.9. The molecule has 0 radical (unpaired) electrons. The van der Waals surface area contributed by atoms with Gasteiger partial charge in [-0.25, -0.2) is 0 Å². The molecule has 4 atom stereocenters. The van der Waals surface area contributed by atoms with Crippen molar-refractivity contribution < 1.29 is 19.1 Å². The van der Waals surface area contributed by atoms with Gasteiger partial charge in [0.2, 0.25) is 11.8 Å². The summed E-state index contributed by atoms with van der Waals surface area (Å²) in [5, 5.41) is 2.93. The molecule has 1 N–H and O–H groups in total. The number of likely N-dealkylation sites (tertiary alicyclic amines) is 1. The van der Waals surface area contributed by atoms with Crippen LogP contribution in [0.25, 0.3) is 0 Å². The SMILES string of the molecule is COc1ccc(NC(=O)C2C3C=CC4(CN(Cc5ccncc5)C(=O)C24)O3)cc1. The maximum absolute atomic E-state index is 13.2. The first kappa shape index (κ1) is 17.9. The molecule has 1 aromatic carbocycles. The van der Waals surface area contributed by atoms with Crippen molar-refractivity contribution in [3.8, 4) is 5.75 Å². The predicted molar refractivity (Wildman–Crippen MR) is 105 cm³/mol. The van der Waals surface area contributed by atoms with E-state index in [-0.39, 0.29) is 17.9 Å². The number of hydrogen-bond donors (Lipinski definition) is 1. The Labute approximate surface area is 168 Å². The Kier molecular flexibility index (Phi) is 4.13. The molecule has 1 spiro atoms.